The molecule has 0 saturated carbocycles. The third-order valence-corrected chi connectivity index (χ3v) is 10.8. The van der Waals surface area contributed by atoms with Gasteiger partial charge in [0.15, 0.2) is 15.7 Å². The molecule has 3 aromatic carbocycles. The first kappa shape index (κ1) is 36.0. The number of alkyl halides is 6. The van der Waals surface area contributed by atoms with Gasteiger partial charge in [0.25, 0.3) is 10.0 Å². The summed E-state index contributed by atoms with van der Waals surface area (Å²) in [5, 5.41) is 18.3. The molecule has 252 valence electrons. The maximum absolute atomic E-state index is 13.9. The van der Waals surface area contributed by atoms with Crippen LogP contribution in [-0.4, -0.2) is 33.9 Å². The van der Waals surface area contributed by atoms with Crippen molar-refractivity contribution in [1.82, 2.24) is 9.71 Å². The Kier molecular flexibility index (Phi) is 10.3. The van der Waals surface area contributed by atoms with Crippen molar-refractivity contribution < 1.29 is 57.8 Å². The molecular weight excluding hydrogens is 713 g/mol. The van der Waals surface area contributed by atoms with Crippen LogP contribution >= 0.6 is 18.9 Å². The molecule has 11 nitrogen and oxygen atoms in total. The van der Waals surface area contributed by atoms with Gasteiger partial charge in [0.2, 0.25) is 0 Å². The normalized spacial score (nSPS) is 12.1. The van der Waals surface area contributed by atoms with Crippen LogP contribution in [-0.2, 0) is 26.9 Å². The van der Waals surface area contributed by atoms with Crippen LogP contribution in [0.1, 0.15) is 22.3 Å². The molecule has 0 atom stereocenters. The Morgan fingerprint density at radius 2 is 1.35 bits per heavy atom. The van der Waals surface area contributed by atoms with Gasteiger partial charge in [-0.2, -0.15) is 41.6 Å². The number of thiazole rings is 1. The van der Waals surface area contributed by atoms with Gasteiger partial charge in [0, 0.05) is 5.56 Å². The molecule has 1 N–H and O–H groups in total. The molecule has 0 radical (unpaired) electrons. The van der Waals surface area contributed by atoms with Crippen LogP contribution in [0.2, 0.25) is 0 Å². The van der Waals surface area contributed by atoms with E-state index in [1.165, 1.54) is 32.4 Å². The molecule has 4 aromatic rings. The summed E-state index contributed by atoms with van der Waals surface area (Å²) in [6, 6.07) is 10.9. The summed E-state index contributed by atoms with van der Waals surface area (Å²) in [4.78, 5) is 4.07. The van der Waals surface area contributed by atoms with Crippen molar-refractivity contribution in [3.63, 3.8) is 0 Å². The van der Waals surface area contributed by atoms with Crippen LogP contribution in [0.15, 0.2) is 65.0 Å². The monoisotopic (exact) mass is 732 g/mol. The number of rotatable bonds is 11. The minimum Gasteiger partial charge on any atom is -0.493 e. The van der Waals surface area contributed by atoms with Crippen LogP contribution in [0.4, 0.5) is 26.3 Å². The van der Waals surface area contributed by atoms with Gasteiger partial charge >= 0.3 is 19.9 Å². The molecular formula is C28H19F6N4O7PS2. The summed E-state index contributed by atoms with van der Waals surface area (Å²) < 4.78 is 144. The zero-order valence-corrected chi connectivity index (χ0v) is 26.7. The third-order valence-electron chi connectivity index (χ3n) is 6.15. The lowest BCUT2D eigenvalue weighted by Gasteiger charge is -2.22. The number of halogens is 6. The van der Waals surface area contributed by atoms with E-state index in [-0.39, 0.29) is 5.01 Å². The molecule has 1 aromatic heterocycles. The number of hydrogen-bond acceptors (Lipinski definition) is 11. The minimum absolute atomic E-state index is 0.196. The molecule has 0 aliphatic heterocycles. The van der Waals surface area contributed by atoms with Crippen LogP contribution in [0, 0.1) is 22.7 Å². The number of nitrogens with zero attached hydrogens (tertiary/aromatic N) is 3. The Labute approximate surface area is 272 Å². The fraction of sp³-hybridized carbons (Fsp3) is 0.179. The van der Waals surface area contributed by atoms with Gasteiger partial charge in [-0.1, -0.05) is 0 Å². The van der Waals surface area contributed by atoms with E-state index in [0.29, 0.717) is 52.7 Å². The average molecular weight is 733 g/mol. The lowest BCUT2D eigenvalue weighted by molar-refractivity contribution is -0.138. The quantitative estimate of drug-likeness (QED) is 0.123. The number of benzene rings is 3. The van der Waals surface area contributed by atoms with E-state index in [1.54, 1.807) is 12.1 Å². The number of sulfonamides is 1. The van der Waals surface area contributed by atoms with Crippen molar-refractivity contribution in [3.8, 4) is 45.7 Å². The highest BCUT2D eigenvalue weighted by Crippen LogP contribution is 2.50. The largest absolute Gasteiger partial charge is 0.493 e. The Morgan fingerprint density at radius 1 is 0.833 bits per heavy atom. The van der Waals surface area contributed by atoms with Crippen LogP contribution in [0.25, 0.3) is 10.6 Å². The van der Waals surface area contributed by atoms with E-state index in [9.17, 15) is 39.3 Å². The Bertz CT molecular complexity index is 2010. The lowest BCUT2D eigenvalue weighted by Crippen LogP contribution is -2.26. The van der Waals surface area contributed by atoms with Gasteiger partial charge in [0.05, 0.1) is 54.8 Å². The van der Waals surface area contributed by atoms with Crippen molar-refractivity contribution in [2.75, 3.05) is 20.5 Å². The molecule has 0 aliphatic carbocycles. The van der Waals surface area contributed by atoms with Crippen molar-refractivity contribution in [1.29, 1.82) is 10.5 Å². The number of methoxy groups -OCH3 is 2. The van der Waals surface area contributed by atoms with Crippen LogP contribution in [0.5, 0.6) is 23.0 Å². The molecule has 0 spiro atoms. The first-order chi connectivity index (χ1) is 22.4. The zero-order chi connectivity index (χ0) is 35.5. The van der Waals surface area contributed by atoms with Gasteiger partial charge in [-0.15, -0.1) is 11.3 Å². The summed E-state index contributed by atoms with van der Waals surface area (Å²) in [5.74, 6) is -0.933. The van der Waals surface area contributed by atoms with Crippen LogP contribution < -0.4 is 23.2 Å². The lowest BCUT2D eigenvalue weighted by atomic mass is 10.1. The summed E-state index contributed by atoms with van der Waals surface area (Å²) in [6.45, 7) is 0. The molecule has 0 bridgehead atoms. The van der Waals surface area contributed by atoms with Gasteiger partial charge in [-0.05, 0) is 54.6 Å². The molecule has 0 unspecified atom stereocenters. The fourth-order valence-electron chi connectivity index (χ4n) is 3.95. The number of nitrogens with one attached hydrogen (secondary N) is 1. The smallest absolute Gasteiger partial charge is 0.445 e. The maximum Gasteiger partial charge on any atom is 0.445 e. The SMILES string of the molecule is COc1ccc(-c2ncc(S(=O)(=O)NCP(=O)(Oc3ccc(C#N)c(C(F)(F)F)c3)Oc3ccc(C#N)c(C(F)(F)F)c3)s2)cc1OC. The number of aromatic nitrogens is 1. The molecule has 0 amide bonds. The molecule has 20 heteroatoms. The van der Waals surface area contributed by atoms with E-state index < -0.39 is 74.2 Å². The van der Waals surface area contributed by atoms with Gasteiger partial charge in [-0.25, -0.2) is 18.0 Å². The summed E-state index contributed by atoms with van der Waals surface area (Å²) in [7, 11) is -6.89. The van der Waals surface area contributed by atoms with Crippen molar-refractivity contribution in [3.05, 3.63) is 83.0 Å². The second-order valence-electron chi connectivity index (χ2n) is 9.29. The van der Waals surface area contributed by atoms with Gasteiger partial charge < -0.3 is 18.5 Å². The minimum atomic E-state index is -5.08. The second kappa shape index (κ2) is 13.7. The van der Waals surface area contributed by atoms with Crippen molar-refractivity contribution in [2.45, 2.75) is 16.6 Å². The first-order valence-electron chi connectivity index (χ1n) is 12.8. The van der Waals surface area contributed by atoms with Crippen molar-refractivity contribution >= 4 is 29.0 Å². The second-order valence-corrected chi connectivity index (χ2v) is 14.2. The summed E-state index contributed by atoms with van der Waals surface area (Å²) in [5.41, 5.74) is -4.23. The predicted molar refractivity (Wildman–Crippen MR) is 157 cm³/mol. The Morgan fingerprint density at radius 3 is 1.81 bits per heavy atom. The number of nitriles is 2. The molecule has 48 heavy (non-hydrogen) atoms. The fourth-order valence-corrected chi connectivity index (χ4v) is 8.13. The van der Waals surface area contributed by atoms with E-state index in [2.05, 4.69) is 4.98 Å². The summed E-state index contributed by atoms with van der Waals surface area (Å²) in [6.07, 6.45) is -10.5. The highest BCUT2D eigenvalue weighted by Gasteiger charge is 2.38. The van der Waals surface area contributed by atoms with E-state index in [1.807, 2.05) is 4.72 Å². The molecule has 1 heterocycles. The van der Waals surface area contributed by atoms with Crippen molar-refractivity contribution in [2.24, 2.45) is 0 Å². The summed E-state index contributed by atoms with van der Waals surface area (Å²) >= 11 is 0.661. The van der Waals surface area contributed by atoms with E-state index >= 15 is 0 Å². The van der Waals surface area contributed by atoms with Gasteiger partial charge in [-0.3, -0.25) is 0 Å². The first-order valence-corrected chi connectivity index (χ1v) is 16.8. The molecule has 0 saturated heterocycles. The van der Waals surface area contributed by atoms with E-state index in [0.717, 1.165) is 18.3 Å². The molecule has 4 rings (SSSR count). The Balaban J connectivity index is 1.69. The Hall–Kier alpha value is -4.81. The highest BCUT2D eigenvalue weighted by molar-refractivity contribution is 7.92. The molecule has 0 fully saturated rings. The third kappa shape index (κ3) is 8.18. The molecule has 0 aliphatic rings. The van der Waals surface area contributed by atoms with Gasteiger partial charge in [0.1, 0.15) is 22.8 Å². The maximum atomic E-state index is 13.9. The topological polar surface area (TPSA) is 161 Å². The van der Waals surface area contributed by atoms with Crippen LogP contribution in [0.3, 0.4) is 0 Å². The predicted octanol–water partition coefficient (Wildman–Crippen LogP) is 7.20. The van der Waals surface area contributed by atoms with E-state index in [4.69, 9.17) is 29.0 Å². The zero-order valence-electron chi connectivity index (χ0n) is 24.2. The average Bonchev–Trinajstić information content (AvgIpc) is 3.54. The standard InChI is InChI=1S/C28H19F6N4O7PS2/c1-42-23-8-5-16(9-24(23)43-2)26-37-14-25(47-26)48(40,41)38-15-46(39,44-19-6-3-17(12-35)21(10-19)27(29,30)31)45-20-7-4-18(13-36)22(11-20)28(32,33)34/h3-11,14,38H,15H2,1-2H3. The highest BCUT2D eigenvalue weighted by atomic mass is 32.2. The number of hydrogen-bond donors (Lipinski definition) is 1. The number of ether oxygens (including phenoxy) is 2.